The summed E-state index contributed by atoms with van der Waals surface area (Å²) < 4.78 is 29.9. The summed E-state index contributed by atoms with van der Waals surface area (Å²) in [4.78, 5) is 0.796. The van der Waals surface area contributed by atoms with Gasteiger partial charge in [-0.3, -0.25) is 0 Å². The lowest BCUT2D eigenvalue weighted by Crippen LogP contribution is -2.46. The van der Waals surface area contributed by atoms with E-state index in [4.69, 9.17) is 9.47 Å². The predicted octanol–water partition coefficient (Wildman–Crippen LogP) is 4.62. The predicted molar refractivity (Wildman–Crippen MR) is 103 cm³/mol. The summed E-state index contributed by atoms with van der Waals surface area (Å²) in [5.74, 6) is 0.768. The van der Waals surface area contributed by atoms with E-state index in [1.807, 2.05) is 35.7 Å². The molecular weight excluding hydrogens is 346 g/mol. The number of hydrogen-bond acceptors (Lipinski definition) is 4. The molecule has 3 aliphatic rings. The minimum absolute atomic E-state index is 0.109. The summed E-state index contributed by atoms with van der Waals surface area (Å²) in [6, 6.07) is 9.60. The van der Waals surface area contributed by atoms with E-state index in [1.54, 1.807) is 7.05 Å². The zero-order chi connectivity index (χ0) is 18.4. The van der Waals surface area contributed by atoms with Crippen molar-refractivity contribution in [2.24, 2.45) is 21.6 Å². The fraction of sp³-hybridized carbons (Fsp3) is 0.619. The van der Waals surface area contributed by atoms with Crippen molar-refractivity contribution in [1.29, 1.82) is 0 Å². The fourth-order valence-corrected chi connectivity index (χ4v) is 6.23. The third-order valence-corrected chi connectivity index (χ3v) is 8.14. The first kappa shape index (κ1) is 18.2. The quantitative estimate of drug-likeness (QED) is 0.758. The van der Waals surface area contributed by atoms with Gasteiger partial charge in [0.25, 0.3) is 0 Å². The Hall–Kier alpha value is -1.17. The molecule has 1 unspecified atom stereocenters. The van der Waals surface area contributed by atoms with E-state index in [0.29, 0.717) is 11.8 Å². The van der Waals surface area contributed by atoms with Gasteiger partial charge in [-0.25, -0.2) is 8.57 Å². The molecule has 1 spiro atoms. The molecule has 0 N–H and O–H groups in total. The maximum atomic E-state index is 13.3. The average molecular weight is 376 g/mol. The molecular formula is C21H29NO3S. The van der Waals surface area contributed by atoms with Crippen LogP contribution >= 0.6 is 0 Å². The summed E-state index contributed by atoms with van der Waals surface area (Å²) in [6.45, 7) is 5.91. The smallest absolute Gasteiger partial charge is 0.168 e. The monoisotopic (exact) mass is 375 g/mol. The first-order valence-corrected chi connectivity index (χ1v) is 11.1. The zero-order valence-electron chi connectivity index (χ0n) is 15.9. The fourth-order valence-electron chi connectivity index (χ4n) is 4.59. The Kier molecular flexibility index (Phi) is 4.53. The van der Waals surface area contributed by atoms with Crippen LogP contribution in [0.5, 0.6) is 0 Å². The van der Waals surface area contributed by atoms with Gasteiger partial charge in [0.15, 0.2) is 5.79 Å². The van der Waals surface area contributed by atoms with Crippen LogP contribution in [0.2, 0.25) is 0 Å². The van der Waals surface area contributed by atoms with Crippen molar-refractivity contribution in [2.45, 2.75) is 50.2 Å². The molecule has 3 atom stereocenters. The van der Waals surface area contributed by atoms with Gasteiger partial charge in [0, 0.05) is 30.7 Å². The van der Waals surface area contributed by atoms with Crippen LogP contribution in [0.25, 0.3) is 0 Å². The van der Waals surface area contributed by atoms with Crippen molar-refractivity contribution in [1.82, 2.24) is 0 Å². The van der Waals surface area contributed by atoms with Crippen molar-refractivity contribution in [3.8, 4) is 0 Å². The molecule has 1 aliphatic heterocycles. The van der Waals surface area contributed by atoms with Crippen molar-refractivity contribution in [3.05, 3.63) is 41.3 Å². The molecule has 26 heavy (non-hydrogen) atoms. The number of benzene rings is 1. The molecule has 2 aliphatic carbocycles. The summed E-state index contributed by atoms with van der Waals surface area (Å²) in [5, 5.41) is 1.94. The lowest BCUT2D eigenvalue weighted by atomic mass is 9.94. The molecule has 0 aromatic heterocycles. The van der Waals surface area contributed by atoms with E-state index in [0.717, 1.165) is 43.8 Å². The highest BCUT2D eigenvalue weighted by atomic mass is 32.2. The van der Waals surface area contributed by atoms with Crippen LogP contribution in [-0.2, 0) is 19.2 Å². The Labute approximate surface area is 157 Å². The van der Waals surface area contributed by atoms with E-state index in [1.165, 1.54) is 5.57 Å². The number of fused-ring (bicyclic) bond motifs is 1. The number of nitrogens with zero attached hydrogens (tertiary/aromatic N) is 1. The van der Waals surface area contributed by atoms with Gasteiger partial charge < -0.3 is 9.47 Å². The van der Waals surface area contributed by atoms with Crippen molar-refractivity contribution in [3.63, 3.8) is 0 Å². The standard InChI is InChI=1S/C21H29NO3S/c1-20(2)14-24-21(25-15-20)11-17-9-16(10-18(17)12-21)13-26(23,22-3)19-7-5-4-6-8-19/h4-8,13,17-18H,9-12,14-15H2,1-3H3/t17-,18+,26?. The van der Waals surface area contributed by atoms with Crippen LogP contribution in [0.1, 0.15) is 39.5 Å². The van der Waals surface area contributed by atoms with Crippen LogP contribution in [0, 0.1) is 17.3 Å². The first-order chi connectivity index (χ1) is 12.3. The van der Waals surface area contributed by atoms with Gasteiger partial charge in [-0.2, -0.15) is 0 Å². The van der Waals surface area contributed by atoms with E-state index in [-0.39, 0.29) is 11.2 Å². The van der Waals surface area contributed by atoms with Gasteiger partial charge in [0.2, 0.25) is 0 Å². The molecule has 5 heteroatoms. The Morgan fingerprint density at radius 3 is 2.19 bits per heavy atom. The molecule has 0 amide bonds. The second-order valence-electron chi connectivity index (χ2n) is 8.83. The normalized spacial score (nSPS) is 33.1. The first-order valence-electron chi connectivity index (χ1n) is 9.51. The van der Waals surface area contributed by atoms with Gasteiger partial charge in [0.1, 0.15) is 0 Å². The van der Waals surface area contributed by atoms with Crippen molar-refractivity contribution in [2.75, 3.05) is 20.3 Å². The highest BCUT2D eigenvalue weighted by molar-refractivity contribution is 7.96. The summed E-state index contributed by atoms with van der Waals surface area (Å²) in [5.41, 5.74) is 1.39. The van der Waals surface area contributed by atoms with E-state index in [2.05, 4.69) is 18.2 Å². The molecule has 0 bridgehead atoms. The number of rotatable bonds is 2. The van der Waals surface area contributed by atoms with E-state index in [9.17, 15) is 4.21 Å². The van der Waals surface area contributed by atoms with Gasteiger partial charge in [-0.05, 0) is 36.8 Å². The van der Waals surface area contributed by atoms with Gasteiger partial charge in [-0.1, -0.05) is 37.6 Å². The van der Waals surface area contributed by atoms with Crippen LogP contribution in [-0.4, -0.2) is 30.3 Å². The molecule has 1 heterocycles. The highest BCUT2D eigenvalue weighted by Gasteiger charge is 2.52. The zero-order valence-corrected chi connectivity index (χ0v) is 16.8. The third-order valence-electron chi connectivity index (χ3n) is 5.99. The maximum Gasteiger partial charge on any atom is 0.168 e. The van der Waals surface area contributed by atoms with E-state index < -0.39 is 9.73 Å². The largest absolute Gasteiger partial charge is 0.349 e. The van der Waals surface area contributed by atoms with Crippen molar-refractivity contribution >= 4 is 9.73 Å². The molecule has 4 rings (SSSR count). The Bertz CT molecular complexity index is 793. The van der Waals surface area contributed by atoms with Crippen LogP contribution in [0.3, 0.4) is 0 Å². The van der Waals surface area contributed by atoms with E-state index >= 15 is 0 Å². The molecule has 2 saturated carbocycles. The number of allylic oxidation sites excluding steroid dienone is 1. The van der Waals surface area contributed by atoms with Crippen molar-refractivity contribution < 1.29 is 13.7 Å². The lowest BCUT2D eigenvalue weighted by molar-refractivity contribution is -0.297. The molecule has 1 aromatic rings. The second-order valence-corrected chi connectivity index (χ2v) is 11.0. The lowest BCUT2D eigenvalue weighted by Gasteiger charge is -2.42. The highest BCUT2D eigenvalue weighted by Crippen LogP contribution is 2.54. The van der Waals surface area contributed by atoms with Gasteiger partial charge in [-0.15, -0.1) is 0 Å². The molecule has 1 saturated heterocycles. The molecule has 142 valence electrons. The molecule has 3 fully saturated rings. The molecule has 4 nitrogen and oxygen atoms in total. The van der Waals surface area contributed by atoms with Gasteiger partial charge >= 0.3 is 0 Å². The number of hydrogen-bond donors (Lipinski definition) is 0. The van der Waals surface area contributed by atoms with Crippen LogP contribution in [0.15, 0.2) is 50.6 Å². The summed E-state index contributed by atoms with van der Waals surface area (Å²) >= 11 is 0. The second kappa shape index (κ2) is 6.47. The Balaban J connectivity index is 1.48. The third kappa shape index (κ3) is 3.37. The Morgan fingerprint density at radius 1 is 1.08 bits per heavy atom. The molecule has 0 radical (unpaired) electrons. The van der Waals surface area contributed by atoms with Crippen LogP contribution < -0.4 is 0 Å². The topological polar surface area (TPSA) is 47.9 Å². The molecule has 1 aromatic carbocycles. The van der Waals surface area contributed by atoms with Gasteiger partial charge in [0.05, 0.1) is 27.8 Å². The SMILES string of the molecule is CN=S(=O)(C=C1C[C@@H]2CC3(C[C@@H]2C1)OCC(C)(C)CO3)c1ccccc1. The summed E-state index contributed by atoms with van der Waals surface area (Å²) in [7, 11) is -0.813. The minimum atomic E-state index is -2.47. The maximum absolute atomic E-state index is 13.3. The number of ether oxygens (including phenoxy) is 2. The summed E-state index contributed by atoms with van der Waals surface area (Å²) in [6.07, 6.45) is 3.89. The average Bonchev–Trinajstić information content (AvgIpc) is 3.14. The van der Waals surface area contributed by atoms with Crippen LogP contribution in [0.4, 0.5) is 0 Å². The minimum Gasteiger partial charge on any atom is -0.349 e. The Morgan fingerprint density at radius 2 is 1.65 bits per heavy atom.